The van der Waals surface area contributed by atoms with Gasteiger partial charge in [0.05, 0.1) is 6.61 Å². The molecule has 0 radical (unpaired) electrons. The summed E-state index contributed by atoms with van der Waals surface area (Å²) < 4.78 is 2.17. The number of rotatable bonds is 8. The first-order valence-corrected chi connectivity index (χ1v) is 10.2. The number of aliphatic hydroxyl groups is 1. The third-order valence-electron chi connectivity index (χ3n) is 5.26. The fraction of sp³-hybridized carbons (Fsp3) is 0.417. The Hall–Kier alpha value is -1.77. The molecule has 1 aromatic carbocycles. The van der Waals surface area contributed by atoms with Crippen molar-refractivity contribution in [3.8, 4) is 0 Å². The van der Waals surface area contributed by atoms with Crippen molar-refractivity contribution in [1.29, 1.82) is 0 Å². The predicted molar refractivity (Wildman–Crippen MR) is 119 cm³/mol. The largest absolute Gasteiger partial charge is 0.395 e. The number of aliphatic hydroxyl groups excluding tert-OH is 1. The topological polar surface area (TPSA) is 25.2 Å². The van der Waals surface area contributed by atoms with Gasteiger partial charge in [-0.1, -0.05) is 70.5 Å². The first-order valence-electron chi connectivity index (χ1n) is 9.80. The summed E-state index contributed by atoms with van der Waals surface area (Å²) in [6, 6.07) is 5.96. The number of hydrogen-bond donors (Lipinski definition) is 1. The molecule has 0 aliphatic rings. The fourth-order valence-corrected chi connectivity index (χ4v) is 3.72. The average Bonchev–Trinajstić information content (AvgIpc) is 2.89. The quantitative estimate of drug-likeness (QED) is 0.497. The molecular formula is C24H32ClNO. The van der Waals surface area contributed by atoms with Gasteiger partial charge in [-0.05, 0) is 48.1 Å². The molecular weight excluding hydrogens is 354 g/mol. The number of nitrogens with zero attached hydrogens (tertiary/aromatic N) is 1. The molecule has 0 aliphatic heterocycles. The Kier molecular flexibility index (Phi) is 7.52. The van der Waals surface area contributed by atoms with Crippen molar-refractivity contribution in [1.82, 2.24) is 4.57 Å². The normalized spacial score (nSPS) is 14.2. The number of hydrogen-bond acceptors (Lipinski definition) is 1. The van der Waals surface area contributed by atoms with Gasteiger partial charge in [0, 0.05) is 33.7 Å². The monoisotopic (exact) mass is 385 g/mol. The zero-order chi connectivity index (χ0) is 20.1. The van der Waals surface area contributed by atoms with Gasteiger partial charge >= 0.3 is 0 Å². The molecule has 2 rings (SSSR count). The first-order chi connectivity index (χ1) is 12.8. The molecule has 1 aromatic heterocycles. The number of aromatic nitrogens is 1. The molecule has 0 aliphatic carbocycles. The highest BCUT2D eigenvalue weighted by molar-refractivity contribution is 6.31. The summed E-state index contributed by atoms with van der Waals surface area (Å²) in [6.45, 7) is 15.8. The Bertz CT molecular complexity index is 870. The Morgan fingerprint density at radius 2 is 2.00 bits per heavy atom. The van der Waals surface area contributed by atoms with Crippen LogP contribution in [0.5, 0.6) is 0 Å². The van der Waals surface area contributed by atoms with Gasteiger partial charge in [-0.15, -0.1) is 0 Å². The van der Waals surface area contributed by atoms with Crippen LogP contribution in [0.1, 0.15) is 45.4 Å². The van der Waals surface area contributed by atoms with Crippen molar-refractivity contribution in [3.05, 3.63) is 64.9 Å². The maximum Gasteiger partial charge on any atom is 0.0610 e. The second-order valence-corrected chi connectivity index (χ2v) is 7.91. The maximum absolute atomic E-state index is 9.54. The zero-order valence-corrected chi connectivity index (χ0v) is 18.0. The molecule has 0 saturated heterocycles. The Morgan fingerprint density at radius 1 is 1.30 bits per heavy atom. The van der Waals surface area contributed by atoms with Crippen LogP contribution in [0.3, 0.4) is 0 Å². The molecule has 1 unspecified atom stereocenters. The van der Waals surface area contributed by atoms with Gasteiger partial charge in [-0.25, -0.2) is 0 Å². The van der Waals surface area contributed by atoms with Crippen LogP contribution in [-0.4, -0.2) is 16.3 Å². The average molecular weight is 386 g/mol. The van der Waals surface area contributed by atoms with Gasteiger partial charge in [0.1, 0.15) is 0 Å². The molecule has 0 bridgehead atoms. The number of halogens is 1. The Labute approximate surface area is 168 Å². The SMILES string of the molecule is C=C/C(=C(\C=C/C(C)CC)C(C)C)c1c(C)n(CCO)c2ccc(Cl)cc12. The van der Waals surface area contributed by atoms with Crippen LogP contribution in [0.15, 0.2) is 48.6 Å². The first kappa shape index (κ1) is 21.5. The third kappa shape index (κ3) is 4.56. The van der Waals surface area contributed by atoms with Gasteiger partial charge in [0.25, 0.3) is 0 Å². The van der Waals surface area contributed by atoms with E-state index < -0.39 is 0 Å². The lowest BCUT2D eigenvalue weighted by atomic mass is 9.90. The summed E-state index contributed by atoms with van der Waals surface area (Å²) in [6.07, 6.45) is 7.63. The molecule has 2 nitrogen and oxygen atoms in total. The van der Waals surface area contributed by atoms with E-state index >= 15 is 0 Å². The van der Waals surface area contributed by atoms with Crippen molar-refractivity contribution < 1.29 is 5.11 Å². The number of benzene rings is 1. The molecule has 3 heteroatoms. The van der Waals surface area contributed by atoms with Gasteiger partial charge in [0.2, 0.25) is 0 Å². The summed E-state index contributed by atoms with van der Waals surface area (Å²) in [5, 5.41) is 11.4. The lowest BCUT2D eigenvalue weighted by molar-refractivity contribution is 0.277. The highest BCUT2D eigenvalue weighted by Crippen LogP contribution is 2.37. The minimum absolute atomic E-state index is 0.102. The molecule has 27 heavy (non-hydrogen) atoms. The Balaban J connectivity index is 2.83. The van der Waals surface area contributed by atoms with Crippen molar-refractivity contribution in [3.63, 3.8) is 0 Å². The van der Waals surface area contributed by atoms with Gasteiger partial charge in [0.15, 0.2) is 0 Å². The molecule has 0 amide bonds. The zero-order valence-electron chi connectivity index (χ0n) is 17.2. The van der Waals surface area contributed by atoms with E-state index in [0.717, 1.165) is 39.2 Å². The van der Waals surface area contributed by atoms with Crippen molar-refractivity contribution in [2.45, 2.75) is 47.6 Å². The van der Waals surface area contributed by atoms with E-state index in [1.54, 1.807) is 0 Å². The van der Waals surface area contributed by atoms with E-state index in [9.17, 15) is 5.11 Å². The smallest absolute Gasteiger partial charge is 0.0610 e. The van der Waals surface area contributed by atoms with Gasteiger partial charge in [-0.2, -0.15) is 0 Å². The Morgan fingerprint density at radius 3 is 2.56 bits per heavy atom. The van der Waals surface area contributed by atoms with Crippen molar-refractivity contribution >= 4 is 28.1 Å². The summed E-state index contributed by atoms with van der Waals surface area (Å²) in [5.41, 5.74) is 5.80. The molecule has 1 heterocycles. The molecule has 146 valence electrons. The molecule has 1 N–H and O–H groups in total. The van der Waals surface area contributed by atoms with Crippen LogP contribution in [0.4, 0.5) is 0 Å². The molecule has 0 spiro atoms. The molecule has 0 fully saturated rings. The van der Waals surface area contributed by atoms with Crippen LogP contribution in [0.25, 0.3) is 16.5 Å². The van der Waals surface area contributed by atoms with E-state index in [2.05, 4.69) is 57.9 Å². The number of allylic oxidation sites excluding steroid dienone is 5. The second-order valence-electron chi connectivity index (χ2n) is 7.47. The molecule has 2 aromatic rings. The second kappa shape index (κ2) is 9.43. The van der Waals surface area contributed by atoms with Gasteiger partial charge in [-0.3, -0.25) is 0 Å². The predicted octanol–water partition coefficient (Wildman–Crippen LogP) is 6.79. The van der Waals surface area contributed by atoms with Crippen molar-refractivity contribution in [2.24, 2.45) is 11.8 Å². The van der Waals surface area contributed by atoms with Crippen LogP contribution >= 0.6 is 11.6 Å². The van der Waals surface area contributed by atoms with E-state index in [-0.39, 0.29) is 6.61 Å². The van der Waals surface area contributed by atoms with E-state index in [1.165, 1.54) is 5.57 Å². The summed E-state index contributed by atoms with van der Waals surface area (Å²) in [4.78, 5) is 0. The van der Waals surface area contributed by atoms with E-state index in [4.69, 9.17) is 11.6 Å². The molecule has 0 saturated carbocycles. The highest BCUT2D eigenvalue weighted by atomic mass is 35.5. The number of fused-ring (bicyclic) bond motifs is 1. The standard InChI is InChI=1S/C24H32ClNO/c1-7-17(5)9-11-21(16(3)4)20(8-2)24-18(6)26(13-14-27)23-12-10-19(25)15-22(23)24/h8-12,15-17,27H,2,7,13-14H2,1,3-6H3/b11-9-,21-20-. The van der Waals surface area contributed by atoms with E-state index in [0.29, 0.717) is 18.4 Å². The maximum atomic E-state index is 9.54. The third-order valence-corrected chi connectivity index (χ3v) is 5.50. The van der Waals surface area contributed by atoms with Crippen LogP contribution < -0.4 is 0 Å². The van der Waals surface area contributed by atoms with Crippen LogP contribution in [0.2, 0.25) is 5.02 Å². The lowest BCUT2D eigenvalue weighted by Crippen LogP contribution is -2.04. The minimum atomic E-state index is 0.102. The van der Waals surface area contributed by atoms with Crippen LogP contribution in [-0.2, 0) is 6.54 Å². The minimum Gasteiger partial charge on any atom is -0.395 e. The highest BCUT2D eigenvalue weighted by Gasteiger charge is 2.19. The van der Waals surface area contributed by atoms with Crippen LogP contribution in [0, 0.1) is 18.8 Å². The van der Waals surface area contributed by atoms with Gasteiger partial charge < -0.3 is 9.67 Å². The summed E-state index contributed by atoms with van der Waals surface area (Å²) in [7, 11) is 0. The molecule has 1 atom stereocenters. The summed E-state index contributed by atoms with van der Waals surface area (Å²) in [5.74, 6) is 0.907. The lowest BCUT2D eigenvalue weighted by Gasteiger charge is -2.15. The van der Waals surface area contributed by atoms with E-state index in [1.807, 2.05) is 24.3 Å². The van der Waals surface area contributed by atoms with Crippen molar-refractivity contribution in [2.75, 3.05) is 6.61 Å². The summed E-state index contributed by atoms with van der Waals surface area (Å²) >= 11 is 6.33. The fourth-order valence-electron chi connectivity index (χ4n) is 3.54.